The molecule has 2 amide bonds. The predicted molar refractivity (Wildman–Crippen MR) is 86.0 cm³/mol. The van der Waals surface area contributed by atoms with Gasteiger partial charge in [-0.05, 0) is 6.42 Å². The smallest absolute Gasteiger partial charge is 0.341 e. The van der Waals surface area contributed by atoms with E-state index in [0.29, 0.717) is 18.5 Å². The molecule has 0 aromatic carbocycles. The van der Waals surface area contributed by atoms with E-state index in [2.05, 4.69) is 15.4 Å². The summed E-state index contributed by atoms with van der Waals surface area (Å²) >= 11 is 1.89. The van der Waals surface area contributed by atoms with Crippen LogP contribution in [-0.2, 0) is 36.7 Å². The number of rotatable bonds is 5. The Kier molecular flexibility index (Phi) is 15.9. The van der Waals surface area contributed by atoms with Gasteiger partial charge in [0.2, 0.25) is 0 Å². The number of thioether (sulfide) groups is 1. The van der Waals surface area contributed by atoms with Crippen LogP contribution in [0, 0.1) is 0 Å². The number of esters is 1. The molecular formula is C14H26AgN2O5S. The summed E-state index contributed by atoms with van der Waals surface area (Å²) in [4.78, 5) is 31.1. The molecule has 3 N–H and O–H groups in total. The van der Waals surface area contributed by atoms with Gasteiger partial charge >= 0.3 is 18.0 Å². The van der Waals surface area contributed by atoms with E-state index in [9.17, 15) is 14.4 Å². The number of unbranched alkanes of at least 4 members (excludes halogenated alkanes) is 1. The number of hydrogen-bond donors (Lipinski definition) is 3. The Hall–Kier alpha value is -0.700. The molecule has 2 saturated heterocycles. The molecule has 2 aliphatic heterocycles. The molecule has 9 heteroatoms. The van der Waals surface area contributed by atoms with Crippen LogP contribution in [0.1, 0.15) is 40.0 Å². The van der Waals surface area contributed by atoms with Crippen molar-refractivity contribution in [2.45, 2.75) is 52.1 Å². The van der Waals surface area contributed by atoms with Crippen molar-refractivity contribution in [1.82, 2.24) is 10.6 Å². The summed E-state index contributed by atoms with van der Waals surface area (Å²) in [5, 5.41) is 13.8. The first kappa shape index (κ1) is 24.6. The summed E-state index contributed by atoms with van der Waals surface area (Å²) in [6, 6.07) is 0.815. The summed E-state index contributed by atoms with van der Waals surface area (Å²) in [5.41, 5.74) is 0. The van der Waals surface area contributed by atoms with Crippen molar-refractivity contribution in [3.8, 4) is 0 Å². The van der Waals surface area contributed by atoms with Gasteiger partial charge in [0, 0.05) is 40.3 Å². The zero-order chi connectivity index (χ0) is 17.0. The number of nitrogens with one attached hydrogen (secondary N) is 2. The number of carboxylic acids is 1. The van der Waals surface area contributed by atoms with Gasteiger partial charge in [-0.25, -0.2) is 9.59 Å². The van der Waals surface area contributed by atoms with E-state index in [-0.39, 0.29) is 28.4 Å². The largest absolute Gasteiger partial charge is 0.479 e. The topological polar surface area (TPSA) is 105 Å². The van der Waals surface area contributed by atoms with Crippen molar-refractivity contribution < 1.29 is 46.6 Å². The van der Waals surface area contributed by atoms with Gasteiger partial charge in [0.25, 0.3) is 0 Å². The molecule has 0 saturated carbocycles. The predicted octanol–water partition coefficient (Wildman–Crippen LogP) is 1.61. The molecule has 7 nitrogen and oxygen atoms in total. The molecule has 23 heavy (non-hydrogen) atoms. The first-order valence-corrected chi connectivity index (χ1v) is 8.70. The van der Waals surface area contributed by atoms with E-state index in [1.54, 1.807) is 0 Å². The van der Waals surface area contributed by atoms with E-state index in [1.807, 2.05) is 32.5 Å². The van der Waals surface area contributed by atoms with Crippen molar-refractivity contribution in [2.75, 3.05) is 18.1 Å². The molecule has 2 atom stereocenters. The number of urea groups is 1. The third kappa shape index (κ3) is 11.5. The van der Waals surface area contributed by atoms with Crippen LogP contribution in [0.25, 0.3) is 0 Å². The molecule has 0 spiro atoms. The Morgan fingerprint density at radius 2 is 1.78 bits per heavy atom. The molecule has 2 aliphatic rings. The second kappa shape index (κ2) is 14.9. The SMILES string of the molecule is CC.CCCCC(=O)OCC(=O)O.O=C1NC2CSCC2N1.[Ag]. The summed E-state index contributed by atoms with van der Waals surface area (Å²) in [5.74, 6) is 0.594. The van der Waals surface area contributed by atoms with Gasteiger partial charge in [0.05, 0.1) is 12.1 Å². The van der Waals surface area contributed by atoms with Crippen molar-refractivity contribution in [3.05, 3.63) is 0 Å². The molecule has 2 fully saturated rings. The molecule has 139 valence electrons. The van der Waals surface area contributed by atoms with E-state index < -0.39 is 18.5 Å². The number of amides is 2. The maximum absolute atomic E-state index is 10.6. The molecule has 0 aliphatic carbocycles. The van der Waals surface area contributed by atoms with Crippen LogP contribution >= 0.6 is 11.8 Å². The van der Waals surface area contributed by atoms with Gasteiger partial charge in [-0.1, -0.05) is 27.2 Å². The monoisotopic (exact) mass is 441 g/mol. The minimum atomic E-state index is -1.12. The fourth-order valence-electron chi connectivity index (χ4n) is 1.75. The van der Waals surface area contributed by atoms with Crippen molar-refractivity contribution >= 4 is 29.7 Å². The quantitative estimate of drug-likeness (QED) is 0.340. The molecule has 2 unspecified atom stereocenters. The number of hydrogen-bond acceptors (Lipinski definition) is 5. The Morgan fingerprint density at radius 3 is 2.22 bits per heavy atom. The van der Waals surface area contributed by atoms with Gasteiger partial charge in [-0.15, -0.1) is 0 Å². The van der Waals surface area contributed by atoms with Gasteiger partial charge < -0.3 is 20.5 Å². The number of carbonyl (C=O) groups excluding carboxylic acids is 2. The summed E-state index contributed by atoms with van der Waals surface area (Å²) < 4.78 is 4.37. The number of aliphatic carboxylic acids is 1. The molecule has 1 radical (unpaired) electrons. The molecule has 0 aromatic rings. The van der Waals surface area contributed by atoms with Crippen LogP contribution < -0.4 is 10.6 Å². The molecule has 2 rings (SSSR count). The number of ether oxygens (including phenoxy) is 1. The van der Waals surface area contributed by atoms with Gasteiger partial charge in [0.1, 0.15) is 0 Å². The normalized spacial score (nSPS) is 20.2. The molecule has 0 bridgehead atoms. The van der Waals surface area contributed by atoms with E-state index >= 15 is 0 Å². The molecular weight excluding hydrogens is 416 g/mol. The Balaban J connectivity index is 0. The number of fused-ring (bicyclic) bond motifs is 1. The standard InChI is InChI=1S/C7H12O4.C5H8N2OS.C2H6.Ag/c1-2-3-4-7(10)11-5-6(8)9;8-5-6-3-1-9-2-4(3)7-5;1-2;/h2-5H2,1H3,(H,8,9);3-4H,1-2H2,(H2,6,7,8);1-2H3;. The fraction of sp³-hybridized carbons (Fsp3) is 0.786. The van der Waals surface area contributed by atoms with Crippen molar-refractivity contribution in [2.24, 2.45) is 0 Å². The van der Waals surface area contributed by atoms with Crippen LogP contribution in [0.5, 0.6) is 0 Å². The molecule has 2 heterocycles. The number of carboxylic acid groups (broad SMARTS) is 1. The van der Waals surface area contributed by atoms with Crippen molar-refractivity contribution in [1.29, 1.82) is 0 Å². The summed E-state index contributed by atoms with van der Waals surface area (Å²) in [6.07, 6.45) is 1.96. The Morgan fingerprint density at radius 1 is 1.26 bits per heavy atom. The zero-order valence-corrected chi connectivity index (χ0v) is 16.0. The Labute approximate surface area is 157 Å². The first-order chi connectivity index (χ1) is 10.5. The maximum atomic E-state index is 10.6. The maximum Gasteiger partial charge on any atom is 0.341 e. The van der Waals surface area contributed by atoms with Gasteiger partial charge in [0.15, 0.2) is 6.61 Å². The van der Waals surface area contributed by atoms with Gasteiger partial charge in [-0.2, -0.15) is 11.8 Å². The average Bonchev–Trinajstić information content (AvgIpc) is 3.06. The average molecular weight is 442 g/mol. The van der Waals surface area contributed by atoms with E-state index in [0.717, 1.165) is 24.3 Å². The third-order valence-electron chi connectivity index (χ3n) is 2.80. The third-order valence-corrected chi connectivity index (χ3v) is 3.99. The second-order valence-electron chi connectivity index (χ2n) is 4.53. The Bertz CT molecular complexity index is 357. The first-order valence-electron chi connectivity index (χ1n) is 7.55. The van der Waals surface area contributed by atoms with Crippen LogP contribution in [0.4, 0.5) is 4.79 Å². The molecule has 0 aromatic heterocycles. The zero-order valence-electron chi connectivity index (χ0n) is 13.7. The van der Waals surface area contributed by atoms with Gasteiger partial charge in [-0.3, -0.25) is 4.79 Å². The van der Waals surface area contributed by atoms with Crippen LogP contribution in [0.2, 0.25) is 0 Å². The van der Waals surface area contributed by atoms with Crippen molar-refractivity contribution in [3.63, 3.8) is 0 Å². The minimum absolute atomic E-state index is 0. The number of carbonyl (C=O) groups is 3. The summed E-state index contributed by atoms with van der Waals surface area (Å²) in [6.45, 7) is 5.42. The van der Waals surface area contributed by atoms with Crippen LogP contribution in [0.3, 0.4) is 0 Å². The van der Waals surface area contributed by atoms with E-state index in [1.165, 1.54) is 0 Å². The second-order valence-corrected chi connectivity index (χ2v) is 5.60. The van der Waals surface area contributed by atoms with E-state index in [4.69, 9.17) is 5.11 Å². The van der Waals surface area contributed by atoms with Crippen LogP contribution in [0.15, 0.2) is 0 Å². The van der Waals surface area contributed by atoms with Crippen LogP contribution in [-0.4, -0.2) is 53.3 Å². The minimum Gasteiger partial charge on any atom is -0.479 e. The fourth-order valence-corrected chi connectivity index (χ4v) is 3.03. The summed E-state index contributed by atoms with van der Waals surface area (Å²) in [7, 11) is 0.